The maximum absolute atomic E-state index is 11.8. The Balaban J connectivity index is 2.65. The number of hydrogen-bond donors (Lipinski definition) is 1. The zero-order chi connectivity index (χ0) is 11.3. The fourth-order valence-electron chi connectivity index (χ4n) is 1.37. The van der Waals surface area contributed by atoms with E-state index in [9.17, 15) is 4.79 Å². The van der Waals surface area contributed by atoms with E-state index in [2.05, 4.69) is 4.98 Å². The van der Waals surface area contributed by atoms with Crippen molar-refractivity contribution in [2.24, 2.45) is 5.73 Å². The molecule has 1 heterocycles. The zero-order valence-electron chi connectivity index (χ0n) is 9.31. The van der Waals surface area contributed by atoms with Crippen LogP contribution >= 0.6 is 0 Å². The minimum Gasteiger partial charge on any atom is -0.340 e. The van der Waals surface area contributed by atoms with Crippen LogP contribution in [0.5, 0.6) is 0 Å². The van der Waals surface area contributed by atoms with Gasteiger partial charge in [0.05, 0.1) is 6.33 Å². The highest BCUT2D eigenvalue weighted by molar-refractivity contribution is 5.91. The van der Waals surface area contributed by atoms with Crippen LogP contribution in [-0.4, -0.2) is 40.5 Å². The number of carbonyl (C=O) groups is 1. The third-order valence-electron chi connectivity index (χ3n) is 2.15. The van der Waals surface area contributed by atoms with Gasteiger partial charge in [0.1, 0.15) is 5.69 Å². The minimum atomic E-state index is -0.0346. The van der Waals surface area contributed by atoms with Crippen LogP contribution in [0.2, 0.25) is 0 Å². The number of imidazole rings is 1. The summed E-state index contributed by atoms with van der Waals surface area (Å²) in [5.74, 6) is -0.0346. The van der Waals surface area contributed by atoms with Crippen molar-refractivity contribution in [1.29, 1.82) is 0 Å². The highest BCUT2D eigenvalue weighted by atomic mass is 16.2. The Morgan fingerprint density at radius 3 is 3.00 bits per heavy atom. The molecule has 0 aromatic carbocycles. The summed E-state index contributed by atoms with van der Waals surface area (Å²) in [6, 6.07) is 0. The van der Waals surface area contributed by atoms with Crippen LogP contribution in [0.4, 0.5) is 0 Å². The molecular weight excluding hydrogens is 192 g/mol. The van der Waals surface area contributed by atoms with Crippen LogP contribution in [0, 0.1) is 0 Å². The fraction of sp³-hybridized carbons (Fsp3) is 0.600. The van der Waals surface area contributed by atoms with E-state index in [1.807, 2.05) is 11.5 Å². The summed E-state index contributed by atoms with van der Waals surface area (Å²) in [6.45, 7) is 4.03. The molecule has 0 atom stereocenters. The molecule has 1 aromatic heterocycles. The minimum absolute atomic E-state index is 0.0346. The van der Waals surface area contributed by atoms with Gasteiger partial charge in [-0.1, -0.05) is 6.92 Å². The van der Waals surface area contributed by atoms with E-state index in [1.165, 1.54) is 0 Å². The largest absolute Gasteiger partial charge is 0.340 e. The van der Waals surface area contributed by atoms with Gasteiger partial charge in [0, 0.05) is 32.9 Å². The van der Waals surface area contributed by atoms with E-state index in [1.54, 1.807) is 24.5 Å². The molecule has 84 valence electrons. The normalized spacial score (nSPS) is 10.3. The molecule has 0 aliphatic carbocycles. The molecule has 2 N–H and O–H groups in total. The van der Waals surface area contributed by atoms with Crippen LogP contribution in [0.3, 0.4) is 0 Å². The fourth-order valence-corrected chi connectivity index (χ4v) is 1.37. The van der Waals surface area contributed by atoms with Gasteiger partial charge in [-0.3, -0.25) is 4.79 Å². The van der Waals surface area contributed by atoms with Crippen LogP contribution < -0.4 is 5.73 Å². The molecule has 5 heteroatoms. The zero-order valence-corrected chi connectivity index (χ0v) is 9.31. The summed E-state index contributed by atoms with van der Waals surface area (Å²) in [7, 11) is 1.79. The molecule has 15 heavy (non-hydrogen) atoms. The van der Waals surface area contributed by atoms with Gasteiger partial charge in [-0.05, 0) is 6.42 Å². The summed E-state index contributed by atoms with van der Waals surface area (Å²) >= 11 is 0. The van der Waals surface area contributed by atoms with Crippen LogP contribution in [0.25, 0.3) is 0 Å². The third-order valence-corrected chi connectivity index (χ3v) is 2.15. The highest BCUT2D eigenvalue weighted by Gasteiger charge is 2.13. The average Bonchev–Trinajstić information content (AvgIpc) is 2.66. The number of nitrogens with zero attached hydrogens (tertiary/aromatic N) is 3. The topological polar surface area (TPSA) is 64.2 Å². The van der Waals surface area contributed by atoms with Crippen molar-refractivity contribution in [2.45, 2.75) is 19.9 Å². The Kier molecular flexibility index (Phi) is 4.30. The summed E-state index contributed by atoms with van der Waals surface area (Å²) in [5, 5.41) is 0. The van der Waals surface area contributed by atoms with Crippen molar-refractivity contribution >= 4 is 5.91 Å². The second-order valence-electron chi connectivity index (χ2n) is 3.51. The first-order valence-electron chi connectivity index (χ1n) is 5.16. The van der Waals surface area contributed by atoms with E-state index < -0.39 is 0 Å². The van der Waals surface area contributed by atoms with Gasteiger partial charge in [-0.25, -0.2) is 4.98 Å². The van der Waals surface area contributed by atoms with Gasteiger partial charge < -0.3 is 15.2 Å². The molecule has 1 amide bonds. The van der Waals surface area contributed by atoms with Gasteiger partial charge in [0.15, 0.2) is 0 Å². The Labute approximate surface area is 89.9 Å². The quantitative estimate of drug-likeness (QED) is 0.761. The third kappa shape index (κ3) is 3.06. The van der Waals surface area contributed by atoms with Gasteiger partial charge in [-0.15, -0.1) is 0 Å². The molecule has 0 bridgehead atoms. The summed E-state index contributed by atoms with van der Waals surface area (Å²) in [4.78, 5) is 17.5. The van der Waals surface area contributed by atoms with Crippen molar-refractivity contribution in [1.82, 2.24) is 14.5 Å². The van der Waals surface area contributed by atoms with Crippen molar-refractivity contribution in [2.75, 3.05) is 20.1 Å². The standard InChI is InChI=1S/C10H18N4O/c1-3-5-13(2)10(15)9-7-14(6-4-11)8-12-9/h7-8H,3-6,11H2,1-2H3. The van der Waals surface area contributed by atoms with E-state index in [0.717, 1.165) is 13.0 Å². The SMILES string of the molecule is CCCN(C)C(=O)c1cn(CCN)cn1. The van der Waals surface area contributed by atoms with Crippen molar-refractivity contribution in [3.63, 3.8) is 0 Å². The maximum atomic E-state index is 11.8. The lowest BCUT2D eigenvalue weighted by Crippen LogP contribution is -2.27. The Bertz CT molecular complexity index is 321. The summed E-state index contributed by atoms with van der Waals surface area (Å²) in [5.41, 5.74) is 5.90. The maximum Gasteiger partial charge on any atom is 0.273 e. The van der Waals surface area contributed by atoms with Crippen LogP contribution in [0.15, 0.2) is 12.5 Å². The molecule has 5 nitrogen and oxygen atoms in total. The smallest absolute Gasteiger partial charge is 0.273 e. The van der Waals surface area contributed by atoms with E-state index in [0.29, 0.717) is 18.8 Å². The number of amides is 1. The molecule has 0 fully saturated rings. The Morgan fingerprint density at radius 2 is 2.40 bits per heavy atom. The van der Waals surface area contributed by atoms with E-state index in [4.69, 9.17) is 5.73 Å². The van der Waals surface area contributed by atoms with E-state index >= 15 is 0 Å². The second-order valence-corrected chi connectivity index (χ2v) is 3.51. The lowest BCUT2D eigenvalue weighted by Gasteiger charge is -2.13. The lowest BCUT2D eigenvalue weighted by molar-refractivity contribution is 0.0790. The molecule has 0 aliphatic heterocycles. The van der Waals surface area contributed by atoms with Gasteiger partial charge >= 0.3 is 0 Å². The molecule has 0 spiro atoms. The van der Waals surface area contributed by atoms with Crippen LogP contribution in [-0.2, 0) is 6.54 Å². The number of carbonyl (C=O) groups excluding carboxylic acids is 1. The van der Waals surface area contributed by atoms with Gasteiger partial charge in [-0.2, -0.15) is 0 Å². The monoisotopic (exact) mass is 210 g/mol. The average molecular weight is 210 g/mol. The van der Waals surface area contributed by atoms with Crippen molar-refractivity contribution < 1.29 is 4.79 Å². The molecule has 0 saturated heterocycles. The predicted molar refractivity (Wildman–Crippen MR) is 58.5 cm³/mol. The van der Waals surface area contributed by atoms with Crippen LogP contribution in [0.1, 0.15) is 23.8 Å². The van der Waals surface area contributed by atoms with Gasteiger partial charge in [0.25, 0.3) is 5.91 Å². The molecule has 0 radical (unpaired) electrons. The molecule has 1 rings (SSSR count). The lowest BCUT2D eigenvalue weighted by atomic mass is 10.3. The molecule has 0 unspecified atom stereocenters. The summed E-state index contributed by atoms with van der Waals surface area (Å²) < 4.78 is 1.83. The van der Waals surface area contributed by atoms with Crippen molar-refractivity contribution in [3.05, 3.63) is 18.2 Å². The second kappa shape index (κ2) is 5.50. The highest BCUT2D eigenvalue weighted by Crippen LogP contribution is 2.01. The molecule has 0 saturated carbocycles. The first kappa shape index (κ1) is 11.7. The Morgan fingerprint density at radius 1 is 1.67 bits per heavy atom. The first-order chi connectivity index (χ1) is 7.19. The number of aromatic nitrogens is 2. The van der Waals surface area contributed by atoms with Crippen molar-refractivity contribution in [3.8, 4) is 0 Å². The number of rotatable bonds is 5. The molecule has 0 aliphatic rings. The van der Waals surface area contributed by atoms with Gasteiger partial charge in [0.2, 0.25) is 0 Å². The molecular formula is C10H18N4O. The summed E-state index contributed by atoms with van der Waals surface area (Å²) in [6.07, 6.45) is 4.33. The first-order valence-corrected chi connectivity index (χ1v) is 5.16. The Hall–Kier alpha value is -1.36. The predicted octanol–water partition coefficient (Wildman–Crippen LogP) is 0.324. The number of nitrogens with two attached hydrogens (primary N) is 1. The van der Waals surface area contributed by atoms with E-state index in [-0.39, 0.29) is 5.91 Å². The molecule has 1 aromatic rings. The number of hydrogen-bond acceptors (Lipinski definition) is 3.